The van der Waals surface area contributed by atoms with Crippen molar-refractivity contribution in [3.8, 4) is 22.4 Å². The molecule has 0 bridgehead atoms. The van der Waals surface area contributed by atoms with Gasteiger partial charge in [-0.1, -0.05) is 42.0 Å². The van der Waals surface area contributed by atoms with E-state index in [9.17, 15) is 13.5 Å². The second-order valence-corrected chi connectivity index (χ2v) is 7.64. The van der Waals surface area contributed by atoms with Gasteiger partial charge in [-0.2, -0.15) is 5.10 Å². The van der Waals surface area contributed by atoms with Crippen LogP contribution >= 0.6 is 0 Å². The highest BCUT2D eigenvalue weighted by molar-refractivity contribution is 7.89. The number of aromatic nitrogens is 2. The first-order valence-electron chi connectivity index (χ1n) is 8.26. The lowest BCUT2D eigenvalue weighted by atomic mass is 9.98. The lowest BCUT2D eigenvalue weighted by Gasteiger charge is -2.07. The fourth-order valence-electron chi connectivity index (χ4n) is 2.95. The van der Waals surface area contributed by atoms with Gasteiger partial charge in [-0.05, 0) is 31.5 Å². The minimum Gasteiger partial charge on any atom is -0.390 e. The zero-order chi connectivity index (χ0) is 18.9. The molecule has 0 aliphatic heterocycles. The fraction of sp³-hybridized carbons (Fsp3) is 0.211. The smallest absolute Gasteiger partial charge is 0.238 e. The maximum atomic E-state index is 11.5. The van der Waals surface area contributed by atoms with E-state index in [4.69, 9.17) is 5.14 Å². The predicted octanol–water partition coefficient (Wildman–Crippen LogP) is 2.69. The summed E-state index contributed by atoms with van der Waals surface area (Å²) in [6, 6.07) is 14.3. The molecule has 2 aromatic carbocycles. The summed E-state index contributed by atoms with van der Waals surface area (Å²) < 4.78 is 24.7. The van der Waals surface area contributed by atoms with Crippen molar-refractivity contribution < 1.29 is 13.5 Å². The molecule has 1 heterocycles. The summed E-state index contributed by atoms with van der Waals surface area (Å²) in [5.41, 5.74) is 5.11. The van der Waals surface area contributed by atoms with E-state index in [0.717, 1.165) is 27.9 Å². The van der Waals surface area contributed by atoms with Crippen LogP contribution in [-0.2, 0) is 23.2 Å². The molecule has 0 atom stereocenters. The van der Waals surface area contributed by atoms with Gasteiger partial charge in [-0.15, -0.1) is 0 Å². The molecule has 7 heteroatoms. The highest BCUT2D eigenvalue weighted by Gasteiger charge is 2.20. The molecule has 3 rings (SSSR count). The Morgan fingerprint density at radius 1 is 1.04 bits per heavy atom. The molecule has 26 heavy (non-hydrogen) atoms. The van der Waals surface area contributed by atoms with Crippen LogP contribution in [0.5, 0.6) is 0 Å². The van der Waals surface area contributed by atoms with Gasteiger partial charge < -0.3 is 5.11 Å². The minimum absolute atomic E-state index is 0.0513. The SMILES string of the molecule is CCn1nc(-c2ccc(S(N)(=O)=O)cc2)c(-c2ccc(C)cc2)c1CO. The van der Waals surface area contributed by atoms with Crippen LogP contribution < -0.4 is 5.14 Å². The molecule has 0 saturated heterocycles. The van der Waals surface area contributed by atoms with E-state index in [-0.39, 0.29) is 11.5 Å². The van der Waals surface area contributed by atoms with Gasteiger partial charge in [0.2, 0.25) is 10.0 Å². The standard InChI is InChI=1S/C19H21N3O3S/c1-3-22-17(12-23)18(14-6-4-13(2)5-7-14)19(21-22)15-8-10-16(11-9-15)26(20,24)25/h4-11,23H,3,12H2,1-2H3,(H2,20,24,25). The van der Waals surface area contributed by atoms with E-state index < -0.39 is 10.0 Å². The summed E-state index contributed by atoms with van der Waals surface area (Å²) in [5.74, 6) is 0. The first-order chi connectivity index (χ1) is 12.3. The molecule has 6 nitrogen and oxygen atoms in total. The third-order valence-corrected chi connectivity index (χ3v) is 5.23. The van der Waals surface area contributed by atoms with Gasteiger partial charge in [0, 0.05) is 17.7 Å². The van der Waals surface area contributed by atoms with Crippen LogP contribution in [0.2, 0.25) is 0 Å². The number of rotatable bonds is 5. The zero-order valence-corrected chi connectivity index (χ0v) is 15.5. The molecule has 0 spiro atoms. The third-order valence-electron chi connectivity index (χ3n) is 4.30. The number of hydrogen-bond donors (Lipinski definition) is 2. The number of hydrogen-bond acceptors (Lipinski definition) is 4. The van der Waals surface area contributed by atoms with Crippen LogP contribution in [0.1, 0.15) is 18.2 Å². The van der Waals surface area contributed by atoms with E-state index in [0.29, 0.717) is 12.2 Å². The second-order valence-electron chi connectivity index (χ2n) is 6.08. The topological polar surface area (TPSA) is 98.2 Å². The lowest BCUT2D eigenvalue weighted by molar-refractivity contribution is 0.269. The first-order valence-corrected chi connectivity index (χ1v) is 9.80. The van der Waals surface area contributed by atoms with E-state index in [1.807, 2.05) is 38.1 Å². The van der Waals surface area contributed by atoms with E-state index >= 15 is 0 Å². The monoisotopic (exact) mass is 371 g/mol. The number of aryl methyl sites for hydroxylation is 2. The molecule has 0 radical (unpaired) electrons. The fourth-order valence-corrected chi connectivity index (χ4v) is 3.46. The van der Waals surface area contributed by atoms with Gasteiger partial charge in [-0.3, -0.25) is 4.68 Å². The quantitative estimate of drug-likeness (QED) is 0.720. The van der Waals surface area contributed by atoms with Crippen molar-refractivity contribution >= 4 is 10.0 Å². The van der Waals surface area contributed by atoms with Crippen LogP contribution in [0.3, 0.4) is 0 Å². The Morgan fingerprint density at radius 3 is 2.12 bits per heavy atom. The largest absolute Gasteiger partial charge is 0.390 e. The van der Waals surface area contributed by atoms with Gasteiger partial charge >= 0.3 is 0 Å². The van der Waals surface area contributed by atoms with Crippen LogP contribution in [0.4, 0.5) is 0 Å². The Morgan fingerprint density at radius 2 is 1.62 bits per heavy atom. The average molecular weight is 371 g/mol. The molecule has 0 aliphatic carbocycles. The van der Waals surface area contributed by atoms with Gasteiger partial charge in [0.15, 0.2) is 0 Å². The molecule has 1 aromatic heterocycles. The number of sulfonamides is 1. The summed E-state index contributed by atoms with van der Waals surface area (Å²) in [6.07, 6.45) is 0. The Kier molecular flexibility index (Phi) is 4.95. The van der Waals surface area contributed by atoms with Gasteiger partial charge in [0.25, 0.3) is 0 Å². The third kappa shape index (κ3) is 3.41. The molecule has 0 fully saturated rings. The maximum absolute atomic E-state index is 11.5. The first kappa shape index (κ1) is 18.3. The predicted molar refractivity (Wildman–Crippen MR) is 101 cm³/mol. The van der Waals surface area contributed by atoms with E-state index in [1.165, 1.54) is 12.1 Å². The van der Waals surface area contributed by atoms with Crippen molar-refractivity contribution in [3.05, 3.63) is 59.8 Å². The van der Waals surface area contributed by atoms with Crippen molar-refractivity contribution in [1.82, 2.24) is 9.78 Å². The Bertz CT molecular complexity index is 1020. The Hall–Kier alpha value is -2.48. The highest BCUT2D eigenvalue weighted by atomic mass is 32.2. The summed E-state index contributed by atoms with van der Waals surface area (Å²) in [5, 5.41) is 19.7. The Labute approximate surface area is 153 Å². The second kappa shape index (κ2) is 7.03. The molecule has 0 aliphatic rings. The zero-order valence-electron chi connectivity index (χ0n) is 14.7. The summed E-state index contributed by atoms with van der Waals surface area (Å²) in [4.78, 5) is 0.0513. The maximum Gasteiger partial charge on any atom is 0.238 e. The van der Waals surface area contributed by atoms with Gasteiger partial charge in [0.05, 0.1) is 17.2 Å². The average Bonchev–Trinajstić information content (AvgIpc) is 3.00. The number of nitrogens with zero attached hydrogens (tertiary/aromatic N) is 2. The molecule has 136 valence electrons. The number of nitrogens with two attached hydrogens (primary N) is 1. The van der Waals surface area contributed by atoms with E-state index in [2.05, 4.69) is 5.10 Å². The molecular weight excluding hydrogens is 350 g/mol. The minimum atomic E-state index is -3.75. The number of aliphatic hydroxyl groups excluding tert-OH is 1. The van der Waals surface area contributed by atoms with Crippen LogP contribution in [-0.4, -0.2) is 23.3 Å². The summed E-state index contributed by atoms with van der Waals surface area (Å²) in [7, 11) is -3.75. The van der Waals surface area contributed by atoms with Crippen LogP contribution in [0.25, 0.3) is 22.4 Å². The molecule has 3 aromatic rings. The number of primary sulfonamides is 1. The van der Waals surface area contributed by atoms with Crippen LogP contribution in [0, 0.1) is 6.92 Å². The normalized spacial score (nSPS) is 11.7. The summed E-state index contributed by atoms with van der Waals surface area (Å²) >= 11 is 0. The van der Waals surface area contributed by atoms with Crippen LogP contribution in [0.15, 0.2) is 53.4 Å². The van der Waals surface area contributed by atoms with Crippen molar-refractivity contribution in [1.29, 1.82) is 0 Å². The molecule has 0 amide bonds. The summed E-state index contributed by atoms with van der Waals surface area (Å²) in [6.45, 7) is 4.45. The van der Waals surface area contributed by atoms with E-state index in [1.54, 1.807) is 16.8 Å². The molecule has 0 unspecified atom stereocenters. The lowest BCUT2D eigenvalue weighted by Crippen LogP contribution is -2.11. The van der Waals surface area contributed by atoms with Crippen molar-refractivity contribution in [2.24, 2.45) is 5.14 Å². The number of aliphatic hydroxyl groups is 1. The molecular formula is C19H21N3O3S. The molecule has 0 saturated carbocycles. The van der Waals surface area contributed by atoms with Crippen molar-refractivity contribution in [2.75, 3.05) is 0 Å². The van der Waals surface area contributed by atoms with Crippen molar-refractivity contribution in [2.45, 2.75) is 31.9 Å². The Balaban J connectivity index is 2.21. The van der Waals surface area contributed by atoms with Crippen molar-refractivity contribution in [3.63, 3.8) is 0 Å². The molecule has 3 N–H and O–H groups in total. The van der Waals surface area contributed by atoms with Gasteiger partial charge in [0.1, 0.15) is 5.69 Å². The highest BCUT2D eigenvalue weighted by Crippen LogP contribution is 2.35. The van der Waals surface area contributed by atoms with Gasteiger partial charge in [-0.25, -0.2) is 13.6 Å². The number of benzene rings is 2.